The van der Waals surface area contributed by atoms with Crippen LogP contribution < -0.4 is 10.1 Å². The normalized spacial score (nSPS) is 10.9. The predicted octanol–water partition coefficient (Wildman–Crippen LogP) is 1.66. The lowest BCUT2D eigenvalue weighted by molar-refractivity contribution is -0.146. The molecule has 1 aromatic carbocycles. The van der Waals surface area contributed by atoms with E-state index in [4.69, 9.17) is 9.84 Å². The first-order chi connectivity index (χ1) is 8.72. The van der Waals surface area contributed by atoms with Crippen LogP contribution in [0.1, 0.15) is 25.0 Å². The van der Waals surface area contributed by atoms with Gasteiger partial charge in [0.15, 0.2) is 6.61 Å². The second kappa shape index (κ2) is 5.73. The van der Waals surface area contributed by atoms with Crippen molar-refractivity contribution in [2.75, 3.05) is 6.61 Å². The molecule has 0 spiro atoms. The zero-order valence-corrected chi connectivity index (χ0v) is 11.6. The molecule has 0 aliphatic heterocycles. The van der Waals surface area contributed by atoms with E-state index in [0.717, 1.165) is 11.1 Å². The standard InChI is InChI=1S/C14H19NO4/c1-9-5-6-11(7-10(9)2)19-8-12(16)15-14(3,4)13(17)18/h5-7H,8H2,1-4H3,(H,15,16)(H,17,18). The zero-order valence-electron chi connectivity index (χ0n) is 11.6. The third-order valence-corrected chi connectivity index (χ3v) is 2.83. The molecule has 1 rings (SSSR count). The van der Waals surface area contributed by atoms with Gasteiger partial charge in [0.05, 0.1) is 0 Å². The molecule has 5 nitrogen and oxygen atoms in total. The quantitative estimate of drug-likeness (QED) is 0.849. The number of hydrogen-bond acceptors (Lipinski definition) is 3. The largest absolute Gasteiger partial charge is 0.484 e. The van der Waals surface area contributed by atoms with Crippen molar-refractivity contribution in [1.29, 1.82) is 0 Å². The summed E-state index contributed by atoms with van der Waals surface area (Å²) < 4.78 is 5.32. The molecule has 2 N–H and O–H groups in total. The minimum Gasteiger partial charge on any atom is -0.484 e. The van der Waals surface area contributed by atoms with Crippen molar-refractivity contribution in [3.8, 4) is 5.75 Å². The number of rotatable bonds is 5. The van der Waals surface area contributed by atoms with Crippen LogP contribution in [0.15, 0.2) is 18.2 Å². The Labute approximate surface area is 112 Å². The van der Waals surface area contributed by atoms with Crippen LogP contribution in [-0.4, -0.2) is 29.1 Å². The number of hydrogen-bond donors (Lipinski definition) is 2. The Morgan fingerprint density at radius 2 is 1.89 bits per heavy atom. The maximum absolute atomic E-state index is 11.6. The fourth-order valence-corrected chi connectivity index (χ4v) is 1.39. The number of carbonyl (C=O) groups is 2. The monoisotopic (exact) mass is 265 g/mol. The van der Waals surface area contributed by atoms with Crippen molar-refractivity contribution < 1.29 is 19.4 Å². The number of ether oxygens (including phenoxy) is 1. The number of aliphatic carboxylic acids is 1. The Kier molecular flexibility index (Phi) is 4.53. The van der Waals surface area contributed by atoms with E-state index in [1.165, 1.54) is 13.8 Å². The Balaban J connectivity index is 2.55. The summed E-state index contributed by atoms with van der Waals surface area (Å²) >= 11 is 0. The number of carboxylic acid groups (broad SMARTS) is 1. The first-order valence-electron chi connectivity index (χ1n) is 5.97. The number of benzene rings is 1. The van der Waals surface area contributed by atoms with Crippen molar-refractivity contribution in [3.63, 3.8) is 0 Å². The minimum absolute atomic E-state index is 0.209. The maximum atomic E-state index is 11.6. The van der Waals surface area contributed by atoms with Crippen LogP contribution in [0.5, 0.6) is 5.75 Å². The zero-order chi connectivity index (χ0) is 14.6. The van der Waals surface area contributed by atoms with Gasteiger partial charge in [-0.2, -0.15) is 0 Å². The van der Waals surface area contributed by atoms with Gasteiger partial charge < -0.3 is 15.2 Å². The van der Waals surface area contributed by atoms with Crippen LogP contribution >= 0.6 is 0 Å². The number of carbonyl (C=O) groups excluding carboxylic acids is 1. The highest BCUT2D eigenvalue weighted by Gasteiger charge is 2.28. The molecule has 0 aliphatic carbocycles. The average Bonchev–Trinajstić information content (AvgIpc) is 2.30. The summed E-state index contributed by atoms with van der Waals surface area (Å²) in [6.45, 7) is 6.57. The summed E-state index contributed by atoms with van der Waals surface area (Å²) in [6, 6.07) is 5.52. The van der Waals surface area contributed by atoms with Gasteiger partial charge in [-0.25, -0.2) is 4.79 Å². The van der Waals surface area contributed by atoms with Crippen LogP contribution in [0.3, 0.4) is 0 Å². The number of nitrogens with one attached hydrogen (secondary N) is 1. The fourth-order valence-electron chi connectivity index (χ4n) is 1.39. The van der Waals surface area contributed by atoms with Crippen LogP contribution in [0, 0.1) is 13.8 Å². The fraction of sp³-hybridized carbons (Fsp3) is 0.429. The molecule has 0 heterocycles. The Morgan fingerprint density at radius 1 is 1.26 bits per heavy atom. The van der Waals surface area contributed by atoms with E-state index in [1.54, 1.807) is 6.07 Å². The third kappa shape index (κ3) is 4.28. The number of carboxylic acids is 1. The first-order valence-corrected chi connectivity index (χ1v) is 5.97. The van der Waals surface area contributed by atoms with Crippen molar-refractivity contribution in [3.05, 3.63) is 29.3 Å². The van der Waals surface area contributed by atoms with E-state index in [0.29, 0.717) is 5.75 Å². The molecule has 0 aromatic heterocycles. The van der Waals surface area contributed by atoms with Gasteiger partial charge in [0, 0.05) is 0 Å². The summed E-state index contributed by atoms with van der Waals surface area (Å²) in [5.41, 5.74) is 0.913. The second-order valence-corrected chi connectivity index (χ2v) is 5.01. The van der Waals surface area contributed by atoms with Crippen LogP contribution in [0.4, 0.5) is 0 Å². The summed E-state index contributed by atoms with van der Waals surface area (Å²) in [7, 11) is 0. The topological polar surface area (TPSA) is 75.6 Å². The van der Waals surface area contributed by atoms with E-state index < -0.39 is 17.4 Å². The van der Waals surface area contributed by atoms with Gasteiger partial charge in [-0.3, -0.25) is 4.79 Å². The maximum Gasteiger partial charge on any atom is 0.328 e. The molecule has 19 heavy (non-hydrogen) atoms. The van der Waals surface area contributed by atoms with Gasteiger partial charge in [-0.1, -0.05) is 6.07 Å². The highest BCUT2D eigenvalue weighted by atomic mass is 16.5. The van der Waals surface area contributed by atoms with E-state index in [1.807, 2.05) is 26.0 Å². The molecular weight excluding hydrogens is 246 g/mol. The van der Waals surface area contributed by atoms with Crippen molar-refractivity contribution >= 4 is 11.9 Å². The SMILES string of the molecule is Cc1ccc(OCC(=O)NC(C)(C)C(=O)O)cc1C. The molecule has 0 bridgehead atoms. The van der Waals surface area contributed by atoms with Gasteiger partial charge in [0.2, 0.25) is 0 Å². The third-order valence-electron chi connectivity index (χ3n) is 2.83. The lowest BCUT2D eigenvalue weighted by Gasteiger charge is -2.21. The molecule has 0 atom stereocenters. The molecular formula is C14H19NO4. The smallest absolute Gasteiger partial charge is 0.328 e. The van der Waals surface area contributed by atoms with E-state index >= 15 is 0 Å². The van der Waals surface area contributed by atoms with E-state index in [2.05, 4.69) is 5.32 Å². The Morgan fingerprint density at radius 3 is 2.42 bits per heavy atom. The van der Waals surface area contributed by atoms with Crippen molar-refractivity contribution in [2.45, 2.75) is 33.2 Å². The molecule has 5 heteroatoms. The minimum atomic E-state index is -1.30. The van der Waals surface area contributed by atoms with Gasteiger partial charge in [0.25, 0.3) is 5.91 Å². The van der Waals surface area contributed by atoms with Gasteiger partial charge in [-0.05, 0) is 51.0 Å². The van der Waals surface area contributed by atoms with Crippen LogP contribution in [0.2, 0.25) is 0 Å². The van der Waals surface area contributed by atoms with E-state index in [-0.39, 0.29) is 6.61 Å². The molecule has 0 unspecified atom stereocenters. The second-order valence-electron chi connectivity index (χ2n) is 5.01. The lowest BCUT2D eigenvalue weighted by Crippen LogP contribution is -2.51. The highest BCUT2D eigenvalue weighted by molar-refractivity contribution is 5.86. The molecule has 1 amide bonds. The molecule has 0 radical (unpaired) electrons. The number of amides is 1. The van der Waals surface area contributed by atoms with Gasteiger partial charge in [0.1, 0.15) is 11.3 Å². The molecule has 0 aliphatic rings. The van der Waals surface area contributed by atoms with Crippen LogP contribution in [0.25, 0.3) is 0 Å². The summed E-state index contributed by atoms with van der Waals surface area (Å²) in [6.07, 6.45) is 0. The molecule has 104 valence electrons. The number of aryl methyl sites for hydroxylation is 2. The Bertz CT molecular complexity index is 494. The van der Waals surface area contributed by atoms with Crippen molar-refractivity contribution in [2.24, 2.45) is 0 Å². The Hall–Kier alpha value is -2.04. The average molecular weight is 265 g/mol. The highest BCUT2D eigenvalue weighted by Crippen LogP contribution is 2.16. The molecule has 0 saturated carbocycles. The van der Waals surface area contributed by atoms with Gasteiger partial charge >= 0.3 is 5.97 Å². The molecule has 1 aromatic rings. The van der Waals surface area contributed by atoms with E-state index in [9.17, 15) is 9.59 Å². The summed E-state index contributed by atoms with van der Waals surface area (Å²) in [5, 5.41) is 11.3. The lowest BCUT2D eigenvalue weighted by atomic mass is 10.1. The summed E-state index contributed by atoms with van der Waals surface area (Å²) in [5.74, 6) is -0.968. The van der Waals surface area contributed by atoms with Crippen molar-refractivity contribution in [1.82, 2.24) is 5.32 Å². The summed E-state index contributed by atoms with van der Waals surface area (Å²) in [4.78, 5) is 22.4. The molecule has 0 saturated heterocycles. The predicted molar refractivity (Wildman–Crippen MR) is 71.3 cm³/mol. The van der Waals surface area contributed by atoms with Gasteiger partial charge in [-0.15, -0.1) is 0 Å². The molecule has 0 fully saturated rings. The first kappa shape index (κ1) is 15.0. The van der Waals surface area contributed by atoms with Crippen LogP contribution in [-0.2, 0) is 9.59 Å².